The minimum atomic E-state index is 0.0991. The van der Waals surface area contributed by atoms with Gasteiger partial charge in [0.15, 0.2) is 0 Å². The Morgan fingerprint density at radius 3 is 2.08 bits per heavy atom. The second kappa shape index (κ2) is 15.2. The number of carbonyl (C=O) groups excluding carboxylic acids is 2. The first-order chi connectivity index (χ1) is 24.3. The minimum absolute atomic E-state index is 0.0991. The van der Waals surface area contributed by atoms with Gasteiger partial charge in [-0.15, -0.1) is 11.3 Å². The summed E-state index contributed by atoms with van der Waals surface area (Å²) >= 11 is 22.6. The van der Waals surface area contributed by atoms with Crippen molar-refractivity contribution >= 4 is 68.2 Å². The maximum absolute atomic E-state index is 11.5. The van der Waals surface area contributed by atoms with E-state index in [1.165, 1.54) is 0 Å². The first-order valence-corrected chi connectivity index (χ1v) is 18.4. The third-order valence-corrected chi connectivity index (χ3v) is 11.6. The van der Waals surface area contributed by atoms with Crippen LogP contribution in [0.2, 0.25) is 15.1 Å². The molecule has 0 saturated carbocycles. The number of halogens is 3. The average molecular weight is 750 g/mol. The van der Waals surface area contributed by atoms with E-state index in [1.807, 2.05) is 48.5 Å². The highest BCUT2D eigenvalue weighted by molar-refractivity contribution is 7.19. The molecule has 2 aliphatic heterocycles. The van der Waals surface area contributed by atoms with Crippen molar-refractivity contribution in [2.75, 3.05) is 20.2 Å². The van der Waals surface area contributed by atoms with Gasteiger partial charge in [0.2, 0.25) is 17.7 Å². The lowest BCUT2D eigenvalue weighted by Crippen LogP contribution is -2.35. The first kappa shape index (κ1) is 34.7. The van der Waals surface area contributed by atoms with Crippen molar-refractivity contribution in [3.8, 4) is 39.4 Å². The Labute approximate surface area is 309 Å². The SMILES string of the molecule is COc1nc(-c2cccc(-c3cccc(-c4cnc5c(Cl)c(CNC[C@@H]6CCC(=O)N6)sc5c4)c3Cl)c2Cl)ccc1CNC[C@H]1CCC(=O)N1. The predicted molar refractivity (Wildman–Crippen MR) is 201 cm³/mol. The molecule has 258 valence electrons. The fraction of sp³-hybridized carbons (Fsp3) is 0.297. The summed E-state index contributed by atoms with van der Waals surface area (Å²) in [7, 11) is 1.60. The standard InChI is InChI=1S/C37H35Cl3N6O3S/c1-49-37-20(15-41-17-22-9-12-31(47)44-22)8-11-28(46-37)27-7-3-6-26(34(27)39)25-5-2-4-24(33(25)38)21-14-29-36(43-16-21)35(40)30(50-29)19-42-18-23-10-13-32(48)45-23/h2-8,11,14,16,22-23,41-42H,9-10,12-13,15,17-19H2,1H3,(H,44,47)(H,45,48)/t22-,23+/m1/s1. The summed E-state index contributed by atoms with van der Waals surface area (Å²) in [5.41, 5.74) is 6.35. The Morgan fingerprint density at radius 1 is 0.820 bits per heavy atom. The zero-order valence-corrected chi connectivity index (χ0v) is 30.3. The maximum Gasteiger partial charge on any atom is 0.220 e. The average Bonchev–Trinajstić information content (AvgIpc) is 3.82. The van der Waals surface area contributed by atoms with E-state index in [-0.39, 0.29) is 23.9 Å². The number of methoxy groups -OCH3 is 1. The summed E-state index contributed by atoms with van der Waals surface area (Å²) in [6.07, 6.45) is 4.62. The quantitative estimate of drug-likeness (QED) is 0.105. The summed E-state index contributed by atoms with van der Waals surface area (Å²) in [6.45, 7) is 2.51. The lowest BCUT2D eigenvalue weighted by Gasteiger charge is -2.15. The number of pyridine rings is 2. The molecule has 0 aliphatic carbocycles. The van der Waals surface area contributed by atoms with Crippen molar-refractivity contribution < 1.29 is 14.3 Å². The van der Waals surface area contributed by atoms with Crippen molar-refractivity contribution in [3.63, 3.8) is 0 Å². The highest BCUT2D eigenvalue weighted by atomic mass is 35.5. The van der Waals surface area contributed by atoms with Crippen LogP contribution in [0.3, 0.4) is 0 Å². The van der Waals surface area contributed by atoms with Crippen molar-refractivity contribution in [2.45, 2.75) is 50.9 Å². The van der Waals surface area contributed by atoms with E-state index in [0.29, 0.717) is 65.7 Å². The number of amides is 2. The molecule has 9 nitrogen and oxygen atoms in total. The van der Waals surface area contributed by atoms with Gasteiger partial charge >= 0.3 is 0 Å². The van der Waals surface area contributed by atoms with Gasteiger partial charge in [-0.1, -0.05) is 77.3 Å². The molecule has 0 unspecified atom stereocenters. The maximum atomic E-state index is 11.5. The first-order valence-electron chi connectivity index (χ1n) is 16.5. The summed E-state index contributed by atoms with van der Waals surface area (Å²) in [6, 6.07) is 18.0. The van der Waals surface area contributed by atoms with Crippen LogP contribution in [0.25, 0.3) is 43.7 Å². The van der Waals surface area contributed by atoms with Crippen LogP contribution in [-0.2, 0) is 22.7 Å². The number of aromatic nitrogens is 2. The van der Waals surface area contributed by atoms with Gasteiger partial charge in [0, 0.05) is 95.6 Å². The number of benzene rings is 2. The second-order valence-corrected chi connectivity index (χ2v) is 14.7. The lowest BCUT2D eigenvalue weighted by molar-refractivity contribution is -0.120. The molecule has 0 spiro atoms. The van der Waals surface area contributed by atoms with E-state index in [9.17, 15) is 9.59 Å². The molecule has 0 radical (unpaired) electrons. The summed E-state index contributed by atoms with van der Waals surface area (Å²) in [4.78, 5) is 33.5. The van der Waals surface area contributed by atoms with Crippen LogP contribution in [0.4, 0.5) is 0 Å². The number of thiophene rings is 1. The van der Waals surface area contributed by atoms with E-state index in [1.54, 1.807) is 24.6 Å². The van der Waals surface area contributed by atoms with Crippen molar-refractivity contribution in [1.82, 2.24) is 31.2 Å². The van der Waals surface area contributed by atoms with Crippen LogP contribution in [0.5, 0.6) is 5.88 Å². The van der Waals surface area contributed by atoms with E-state index >= 15 is 0 Å². The van der Waals surface area contributed by atoms with Gasteiger partial charge in [-0.2, -0.15) is 0 Å². The summed E-state index contributed by atoms with van der Waals surface area (Å²) in [5.74, 6) is 0.707. The molecule has 2 fully saturated rings. The molecule has 5 heterocycles. The predicted octanol–water partition coefficient (Wildman–Crippen LogP) is 7.40. The van der Waals surface area contributed by atoms with Crippen LogP contribution in [0.1, 0.15) is 36.1 Å². The molecular formula is C37H35Cl3N6O3S. The van der Waals surface area contributed by atoms with E-state index < -0.39 is 0 Å². The molecule has 2 saturated heterocycles. The molecular weight excluding hydrogens is 715 g/mol. The molecule has 7 rings (SSSR count). The zero-order chi connectivity index (χ0) is 34.8. The fourth-order valence-electron chi connectivity index (χ4n) is 6.49. The number of nitrogens with one attached hydrogen (secondary N) is 4. The fourth-order valence-corrected chi connectivity index (χ4v) is 8.60. The highest BCUT2D eigenvalue weighted by Crippen LogP contribution is 2.43. The normalized spacial score (nSPS) is 17.4. The van der Waals surface area contributed by atoms with E-state index in [0.717, 1.165) is 61.3 Å². The molecule has 5 aromatic rings. The number of hydrogen-bond acceptors (Lipinski definition) is 8. The highest BCUT2D eigenvalue weighted by Gasteiger charge is 2.22. The Kier molecular flexibility index (Phi) is 10.6. The van der Waals surface area contributed by atoms with Gasteiger partial charge in [-0.25, -0.2) is 4.98 Å². The van der Waals surface area contributed by atoms with Gasteiger partial charge in [-0.05, 0) is 25.0 Å². The van der Waals surface area contributed by atoms with Crippen LogP contribution in [0.15, 0.2) is 60.8 Å². The number of rotatable bonds is 12. The second-order valence-electron chi connectivity index (χ2n) is 12.5. The van der Waals surface area contributed by atoms with Crippen molar-refractivity contribution in [1.29, 1.82) is 0 Å². The molecule has 13 heteroatoms. The molecule has 4 N–H and O–H groups in total. The number of nitrogens with zero attached hydrogens (tertiary/aromatic N) is 2. The smallest absolute Gasteiger partial charge is 0.220 e. The van der Waals surface area contributed by atoms with Gasteiger partial charge in [0.1, 0.15) is 0 Å². The number of ether oxygens (including phenoxy) is 1. The topological polar surface area (TPSA) is 117 Å². The van der Waals surface area contributed by atoms with Gasteiger partial charge in [0.25, 0.3) is 0 Å². The van der Waals surface area contributed by atoms with E-state index in [2.05, 4.69) is 27.3 Å². The molecule has 2 aromatic carbocycles. The molecule has 0 bridgehead atoms. The van der Waals surface area contributed by atoms with Crippen LogP contribution in [-0.4, -0.2) is 54.1 Å². The van der Waals surface area contributed by atoms with E-state index in [4.69, 9.17) is 49.5 Å². The monoisotopic (exact) mass is 748 g/mol. The summed E-state index contributed by atoms with van der Waals surface area (Å²) < 4.78 is 6.62. The Morgan fingerprint density at radius 2 is 1.44 bits per heavy atom. The van der Waals surface area contributed by atoms with Gasteiger partial charge in [-0.3, -0.25) is 14.6 Å². The van der Waals surface area contributed by atoms with Crippen LogP contribution in [0, 0.1) is 0 Å². The third-order valence-electron chi connectivity index (χ3n) is 9.10. The Hall–Kier alpha value is -3.77. The van der Waals surface area contributed by atoms with Crippen LogP contribution >= 0.6 is 46.1 Å². The van der Waals surface area contributed by atoms with Crippen LogP contribution < -0.4 is 26.0 Å². The Bertz CT molecular complexity index is 2090. The molecule has 2 amide bonds. The third kappa shape index (κ3) is 7.32. The van der Waals surface area contributed by atoms with Crippen molar-refractivity contribution in [3.05, 3.63) is 86.3 Å². The summed E-state index contributed by atoms with van der Waals surface area (Å²) in [5, 5.41) is 14.5. The van der Waals surface area contributed by atoms with Gasteiger partial charge in [0.05, 0.1) is 38.1 Å². The lowest BCUT2D eigenvalue weighted by atomic mass is 9.97. The minimum Gasteiger partial charge on any atom is -0.481 e. The van der Waals surface area contributed by atoms with Crippen molar-refractivity contribution in [2.24, 2.45) is 0 Å². The molecule has 3 aromatic heterocycles. The molecule has 2 atom stereocenters. The zero-order valence-electron chi connectivity index (χ0n) is 27.2. The number of hydrogen-bond donors (Lipinski definition) is 4. The number of carbonyl (C=O) groups is 2. The Balaban J connectivity index is 1.10. The number of fused-ring (bicyclic) bond motifs is 1. The molecule has 2 aliphatic rings. The molecule has 50 heavy (non-hydrogen) atoms. The largest absolute Gasteiger partial charge is 0.481 e. The van der Waals surface area contributed by atoms with Gasteiger partial charge < -0.3 is 26.0 Å².